The molecule has 7 N–H and O–H groups in total. The van der Waals surface area contributed by atoms with Crippen LogP contribution in [0.5, 0.6) is 0 Å². The Hall–Kier alpha value is 0.311. The second kappa shape index (κ2) is 10.4. The molecule has 2 heterocycles. The normalized spacial score (nSPS) is 44.8. The smallest absolute Gasteiger partial charge is 0.871 e. The molecule has 0 saturated carbocycles. The van der Waals surface area contributed by atoms with Gasteiger partial charge < -0.3 is 64.7 Å². The zero-order chi connectivity index (χ0) is 19.6. The van der Waals surface area contributed by atoms with Crippen LogP contribution < -0.4 is 10.0 Å². The van der Waals surface area contributed by atoms with Gasteiger partial charge in [0.1, 0.15) is 49.3 Å². The number of aliphatic hydroxyl groups excluding tert-OH is 7. The molecule has 0 amide bonds. The largest absolute Gasteiger partial charge is 2.00 e. The number of hydrogen-bond acceptors (Lipinski definition) is 13. The van der Waals surface area contributed by atoms with E-state index in [0.717, 1.165) is 0 Å². The quantitative estimate of drug-likeness (QED) is 0.194. The van der Waals surface area contributed by atoms with Crippen LogP contribution in [0.1, 0.15) is 0 Å². The summed E-state index contributed by atoms with van der Waals surface area (Å²) in [5.74, 6) is -2.31. The molecule has 2 rings (SSSR count). The minimum absolute atomic E-state index is 0. The van der Waals surface area contributed by atoms with Gasteiger partial charge in [-0.2, -0.15) is 0 Å². The van der Waals surface area contributed by atoms with Gasteiger partial charge >= 0.3 is 23.1 Å². The molecule has 9 atom stereocenters. The molecule has 0 spiro atoms. The minimum Gasteiger partial charge on any atom is -0.871 e. The summed E-state index contributed by atoms with van der Waals surface area (Å²) < 4.78 is 19.7. The maximum atomic E-state index is 10.4. The Kier molecular flexibility index (Phi) is 9.74. The van der Waals surface area contributed by atoms with Crippen molar-refractivity contribution >= 4 is 30.4 Å². The van der Waals surface area contributed by atoms with Crippen LogP contribution >= 0.6 is 0 Å². The van der Waals surface area contributed by atoms with Gasteiger partial charge in [-0.15, -0.1) is 0 Å². The number of rotatable bonds is 7. The Morgan fingerprint density at radius 3 is 2.04 bits per heavy atom. The third-order valence-electron chi connectivity index (χ3n) is 4.29. The average molecular weight is 408 g/mol. The fourth-order valence-electron chi connectivity index (χ4n) is 2.79. The van der Waals surface area contributed by atoms with Crippen molar-refractivity contribution < 1.29 is 64.7 Å². The summed E-state index contributed by atoms with van der Waals surface area (Å²) in [4.78, 5) is 0. The van der Waals surface area contributed by atoms with Crippen LogP contribution in [0.2, 0.25) is 0 Å². The van der Waals surface area contributed by atoms with Gasteiger partial charge in [0, 0.05) is 0 Å². The van der Waals surface area contributed by atoms with Crippen LogP contribution in [-0.4, -0.2) is 141 Å². The fourth-order valence-corrected chi connectivity index (χ4v) is 2.79. The number of ether oxygens (including phenoxy) is 3. The minimum atomic E-state index is -2.68. The van der Waals surface area contributed by atoms with E-state index in [1.54, 1.807) is 0 Å². The van der Waals surface area contributed by atoms with Gasteiger partial charge in [-0.05, 0) is 0 Å². The van der Waals surface area contributed by atoms with Gasteiger partial charge in [0.25, 0.3) is 0 Å². The zero-order valence-electron chi connectivity index (χ0n) is 14.1. The molecule has 0 aromatic rings. The zero-order valence-corrected chi connectivity index (χ0v) is 15.5. The Bertz CT molecular complexity index is 461. The van der Waals surface area contributed by atoms with Crippen molar-refractivity contribution in [2.24, 2.45) is 0 Å². The topological polar surface area (TPSA) is 225 Å². The van der Waals surface area contributed by atoms with E-state index >= 15 is 0 Å². The van der Waals surface area contributed by atoms with Crippen molar-refractivity contribution in [3.8, 4) is 0 Å². The summed E-state index contributed by atoms with van der Waals surface area (Å²) in [5, 5.41) is 89.1. The number of hydrogen-bond donors (Lipinski definition) is 7. The van der Waals surface area contributed by atoms with E-state index in [0.29, 0.717) is 0 Å². The monoisotopic (exact) mass is 408 g/mol. The van der Waals surface area contributed by atoms with Gasteiger partial charge in [0.15, 0.2) is 6.29 Å². The predicted molar refractivity (Wildman–Crippen MR) is 79.0 cm³/mol. The van der Waals surface area contributed by atoms with Gasteiger partial charge in [-0.25, -0.2) is 0 Å². The molecule has 0 radical (unpaired) electrons. The first-order valence-electron chi connectivity index (χ1n) is 7.73. The third-order valence-corrected chi connectivity index (χ3v) is 4.29. The van der Waals surface area contributed by atoms with Gasteiger partial charge in [0.2, 0.25) is 5.79 Å². The second-order valence-corrected chi connectivity index (χ2v) is 6.00. The molecule has 2 saturated heterocycles. The maximum absolute atomic E-state index is 10.4. The van der Waals surface area contributed by atoms with E-state index in [-0.39, 0.29) is 23.1 Å². The molecular weight excluding hydrogens is 387 g/mol. The molecule has 0 aromatic carbocycles. The van der Waals surface area contributed by atoms with E-state index in [9.17, 15) is 40.7 Å². The molecule has 152 valence electrons. The molecule has 15 heteroatoms. The molecule has 0 bridgehead atoms. The van der Waals surface area contributed by atoms with Gasteiger partial charge in [-0.1, -0.05) is 0 Å². The van der Waals surface area contributed by atoms with Crippen LogP contribution in [-0.2, 0) is 18.9 Å². The van der Waals surface area contributed by atoms with E-state index in [2.05, 4.69) is 4.65 Å². The molecule has 0 aromatic heterocycles. The SMILES string of the molecule is [Mg+2].[O-]B([O-])OC[C@H]1O[C@H](O[C@]2(CO)O[C@H](CO)[C@@H](O)[C@@H]2O)[C@H](O)[C@@H](O)[C@@H]1O. The van der Waals surface area contributed by atoms with Gasteiger partial charge in [0.05, 0.1) is 20.5 Å². The van der Waals surface area contributed by atoms with Crippen LogP contribution in [0.4, 0.5) is 0 Å². The third kappa shape index (κ3) is 5.27. The van der Waals surface area contributed by atoms with Crippen molar-refractivity contribution in [2.45, 2.75) is 54.8 Å². The van der Waals surface area contributed by atoms with E-state index in [1.807, 2.05) is 0 Å². The molecule has 2 aliphatic heterocycles. The van der Waals surface area contributed by atoms with Crippen LogP contribution in [0.25, 0.3) is 0 Å². The maximum Gasteiger partial charge on any atom is 2.00 e. The molecule has 2 fully saturated rings. The Balaban J connectivity index is 0.00000364. The summed E-state index contributed by atoms with van der Waals surface area (Å²) in [6.07, 6.45) is -13.6. The van der Waals surface area contributed by atoms with E-state index < -0.39 is 81.9 Å². The van der Waals surface area contributed by atoms with E-state index in [4.69, 9.17) is 19.3 Å². The summed E-state index contributed by atoms with van der Waals surface area (Å²) >= 11 is 0. The van der Waals surface area contributed by atoms with Crippen molar-refractivity contribution in [1.82, 2.24) is 0 Å². The van der Waals surface area contributed by atoms with E-state index in [1.165, 1.54) is 0 Å². The molecule has 27 heavy (non-hydrogen) atoms. The standard InChI is InChI=1S/C12H21BO13.Mg/c14-1-4-7(17)10(20)12(3-15,25-4)26-11-9(19)8(18)6(16)5(24-11)2-23-13(21)22;/h4-11,14-20H,1-3H2;/q-2;+2/t4-,5-,6-,7-,8+,9-,10+,11-,12+;/m1./s1. The van der Waals surface area contributed by atoms with Crippen LogP contribution in [0.3, 0.4) is 0 Å². The van der Waals surface area contributed by atoms with Crippen LogP contribution in [0, 0.1) is 0 Å². The van der Waals surface area contributed by atoms with Crippen molar-refractivity contribution in [2.75, 3.05) is 19.8 Å². The van der Waals surface area contributed by atoms with Gasteiger partial charge in [-0.3, -0.25) is 0 Å². The Morgan fingerprint density at radius 2 is 1.56 bits per heavy atom. The average Bonchev–Trinajstić information content (AvgIpc) is 2.86. The van der Waals surface area contributed by atoms with Crippen molar-refractivity contribution in [3.05, 3.63) is 0 Å². The fraction of sp³-hybridized carbons (Fsp3) is 1.00. The first-order chi connectivity index (χ1) is 12.2. The first-order valence-corrected chi connectivity index (χ1v) is 7.73. The Labute approximate surface area is 170 Å². The molecule has 0 aliphatic carbocycles. The van der Waals surface area contributed by atoms with Crippen molar-refractivity contribution in [1.29, 1.82) is 0 Å². The predicted octanol–water partition coefficient (Wildman–Crippen LogP) is -8.05. The molecule has 0 unspecified atom stereocenters. The Morgan fingerprint density at radius 1 is 0.926 bits per heavy atom. The van der Waals surface area contributed by atoms with Crippen molar-refractivity contribution in [3.63, 3.8) is 0 Å². The molecule has 2 aliphatic rings. The summed E-state index contributed by atoms with van der Waals surface area (Å²) in [5.41, 5.74) is 0. The van der Waals surface area contributed by atoms with Crippen LogP contribution in [0.15, 0.2) is 0 Å². The summed E-state index contributed by atoms with van der Waals surface area (Å²) in [6, 6.07) is 0. The summed E-state index contributed by atoms with van der Waals surface area (Å²) in [6.45, 7) is -2.49. The molecular formula is C12H21BMgO13. The number of aliphatic hydroxyl groups is 7. The second-order valence-electron chi connectivity index (χ2n) is 6.00. The molecule has 13 nitrogen and oxygen atoms in total. The first kappa shape index (κ1) is 25.3. The summed E-state index contributed by atoms with van der Waals surface area (Å²) in [7, 11) is -2.68.